The van der Waals surface area contributed by atoms with Crippen molar-refractivity contribution in [3.63, 3.8) is 0 Å². The number of ether oxygens (including phenoxy) is 4. The number of nitrogen functional groups attached to an aromatic ring is 1. The van der Waals surface area contributed by atoms with E-state index in [1.807, 2.05) is 0 Å². The number of fused-ring (bicyclic) bond motifs is 1. The summed E-state index contributed by atoms with van der Waals surface area (Å²) in [4.78, 5) is 8.68. The molecule has 0 aromatic carbocycles. The molecule has 4 atom stereocenters. The molecule has 1 fully saturated rings. The van der Waals surface area contributed by atoms with E-state index in [1.54, 1.807) is 37.4 Å². The summed E-state index contributed by atoms with van der Waals surface area (Å²) >= 11 is 0. The molecule has 1 aliphatic rings. The topological polar surface area (TPSA) is 93.7 Å². The van der Waals surface area contributed by atoms with Gasteiger partial charge in [-0.1, -0.05) is 5.92 Å². The van der Waals surface area contributed by atoms with E-state index in [1.165, 1.54) is 0 Å². The predicted octanol–water partition coefficient (Wildman–Crippen LogP) is 0.591. The SMILES string of the molecule is C#CCOC1C(OC)[C@@H](COC)O[C@H]1n1cnc2c(N)ccnc21. The molecule has 0 aliphatic carbocycles. The van der Waals surface area contributed by atoms with Crippen molar-refractivity contribution in [2.75, 3.05) is 33.2 Å². The van der Waals surface area contributed by atoms with Crippen molar-refractivity contribution in [1.82, 2.24) is 14.5 Å². The summed E-state index contributed by atoms with van der Waals surface area (Å²) in [7, 11) is 3.21. The van der Waals surface area contributed by atoms with Crippen molar-refractivity contribution in [2.45, 2.75) is 24.5 Å². The van der Waals surface area contributed by atoms with Crippen LogP contribution in [-0.2, 0) is 18.9 Å². The molecule has 0 bridgehead atoms. The third-order valence-corrected chi connectivity index (χ3v) is 4.01. The van der Waals surface area contributed by atoms with Crippen molar-refractivity contribution < 1.29 is 18.9 Å². The normalized spacial score (nSPS) is 26.7. The standard InChI is InChI=1S/C16H20N4O4/c1-4-7-23-14-13(22-3)11(8-21-2)24-16(14)20-9-19-12-10(17)5-6-18-15(12)20/h1,5-6,9,11,13-14,16H,7-8H2,2-3H3,(H2,17,18)/t11-,13?,14?,16-/m1/s1. The monoisotopic (exact) mass is 332 g/mol. The zero-order valence-corrected chi connectivity index (χ0v) is 13.6. The Morgan fingerprint density at radius 2 is 2.21 bits per heavy atom. The van der Waals surface area contributed by atoms with Crippen LogP contribution in [0.3, 0.4) is 0 Å². The van der Waals surface area contributed by atoms with Crippen LogP contribution in [0.25, 0.3) is 11.2 Å². The molecule has 8 heteroatoms. The lowest BCUT2D eigenvalue weighted by molar-refractivity contribution is -0.0670. The van der Waals surface area contributed by atoms with Gasteiger partial charge in [0.2, 0.25) is 0 Å². The molecule has 8 nitrogen and oxygen atoms in total. The molecule has 0 amide bonds. The molecule has 3 heterocycles. The van der Waals surface area contributed by atoms with Gasteiger partial charge >= 0.3 is 0 Å². The molecule has 2 aromatic rings. The van der Waals surface area contributed by atoms with Gasteiger partial charge in [0.05, 0.1) is 18.6 Å². The highest BCUT2D eigenvalue weighted by Crippen LogP contribution is 2.35. The minimum atomic E-state index is -0.497. The zero-order valence-electron chi connectivity index (χ0n) is 13.6. The number of imidazole rings is 1. The van der Waals surface area contributed by atoms with Crippen molar-refractivity contribution in [2.24, 2.45) is 0 Å². The second kappa shape index (κ2) is 7.15. The van der Waals surface area contributed by atoms with Gasteiger partial charge in [0, 0.05) is 20.4 Å². The van der Waals surface area contributed by atoms with E-state index < -0.39 is 12.3 Å². The number of nitrogens with two attached hydrogens (primary N) is 1. The van der Waals surface area contributed by atoms with Crippen LogP contribution in [0.5, 0.6) is 0 Å². The largest absolute Gasteiger partial charge is 0.397 e. The summed E-state index contributed by atoms with van der Waals surface area (Å²) in [5.74, 6) is 2.47. The fourth-order valence-electron chi connectivity index (χ4n) is 2.98. The Kier molecular flexibility index (Phi) is 4.97. The molecule has 0 radical (unpaired) electrons. The van der Waals surface area contributed by atoms with Gasteiger partial charge in [0.1, 0.15) is 30.4 Å². The van der Waals surface area contributed by atoms with Crippen molar-refractivity contribution in [1.29, 1.82) is 0 Å². The van der Waals surface area contributed by atoms with Crippen LogP contribution in [0.15, 0.2) is 18.6 Å². The van der Waals surface area contributed by atoms with Crippen LogP contribution in [0, 0.1) is 12.3 Å². The van der Waals surface area contributed by atoms with Gasteiger partial charge in [-0.05, 0) is 6.07 Å². The average Bonchev–Trinajstić information content (AvgIpc) is 3.15. The number of hydrogen-bond acceptors (Lipinski definition) is 7. The first kappa shape index (κ1) is 16.7. The Morgan fingerprint density at radius 3 is 2.92 bits per heavy atom. The molecule has 1 aliphatic heterocycles. The predicted molar refractivity (Wildman–Crippen MR) is 87.1 cm³/mol. The van der Waals surface area contributed by atoms with E-state index in [2.05, 4.69) is 15.9 Å². The second-order valence-corrected chi connectivity index (χ2v) is 5.42. The lowest BCUT2D eigenvalue weighted by atomic mass is 10.1. The number of anilines is 1. The molecule has 128 valence electrons. The van der Waals surface area contributed by atoms with E-state index in [9.17, 15) is 0 Å². The Bertz CT molecular complexity index is 741. The minimum absolute atomic E-state index is 0.145. The van der Waals surface area contributed by atoms with Crippen LogP contribution in [0.1, 0.15) is 6.23 Å². The smallest absolute Gasteiger partial charge is 0.166 e. The first-order valence-corrected chi connectivity index (χ1v) is 7.50. The summed E-state index contributed by atoms with van der Waals surface area (Å²) < 4.78 is 24.5. The summed E-state index contributed by atoms with van der Waals surface area (Å²) in [6.45, 7) is 0.513. The molecule has 2 aromatic heterocycles. The lowest BCUT2D eigenvalue weighted by Gasteiger charge is -2.23. The highest BCUT2D eigenvalue weighted by Gasteiger charge is 2.47. The van der Waals surface area contributed by atoms with Crippen LogP contribution in [-0.4, -0.2) is 60.3 Å². The zero-order chi connectivity index (χ0) is 17.1. The van der Waals surface area contributed by atoms with E-state index in [0.29, 0.717) is 23.5 Å². The van der Waals surface area contributed by atoms with Crippen molar-refractivity contribution >= 4 is 16.9 Å². The van der Waals surface area contributed by atoms with Gasteiger partial charge in [-0.15, -0.1) is 6.42 Å². The Balaban J connectivity index is 1.99. The number of terminal acetylenes is 1. The summed E-state index contributed by atoms with van der Waals surface area (Å²) in [6, 6.07) is 1.70. The molecule has 0 saturated carbocycles. The molecule has 0 spiro atoms. The molecule has 1 saturated heterocycles. The van der Waals surface area contributed by atoms with E-state index in [0.717, 1.165) is 0 Å². The minimum Gasteiger partial charge on any atom is -0.397 e. The number of aromatic nitrogens is 3. The Labute approximate surface area is 139 Å². The van der Waals surface area contributed by atoms with Gasteiger partial charge in [-0.3, -0.25) is 4.57 Å². The van der Waals surface area contributed by atoms with Crippen LogP contribution in [0.2, 0.25) is 0 Å². The van der Waals surface area contributed by atoms with Gasteiger partial charge in [-0.2, -0.15) is 0 Å². The highest BCUT2D eigenvalue weighted by molar-refractivity contribution is 5.83. The molecule has 2 N–H and O–H groups in total. The van der Waals surface area contributed by atoms with Crippen molar-refractivity contribution in [3.8, 4) is 12.3 Å². The molecular weight excluding hydrogens is 312 g/mol. The van der Waals surface area contributed by atoms with E-state index in [4.69, 9.17) is 31.1 Å². The Morgan fingerprint density at radius 1 is 1.38 bits per heavy atom. The van der Waals surface area contributed by atoms with Crippen LogP contribution < -0.4 is 5.73 Å². The summed E-state index contributed by atoms with van der Waals surface area (Å²) in [5, 5.41) is 0. The van der Waals surface area contributed by atoms with Gasteiger partial charge in [0.15, 0.2) is 11.9 Å². The number of methoxy groups -OCH3 is 2. The van der Waals surface area contributed by atoms with Gasteiger partial charge in [-0.25, -0.2) is 9.97 Å². The molecular formula is C16H20N4O4. The Hall–Kier alpha value is -2.18. The fraction of sp³-hybridized carbons (Fsp3) is 0.500. The summed E-state index contributed by atoms with van der Waals surface area (Å²) in [6.07, 6.45) is 7.04. The van der Waals surface area contributed by atoms with Crippen LogP contribution in [0.4, 0.5) is 5.69 Å². The molecule has 2 unspecified atom stereocenters. The first-order chi connectivity index (χ1) is 11.7. The highest BCUT2D eigenvalue weighted by atomic mass is 16.6. The van der Waals surface area contributed by atoms with Gasteiger partial charge in [0.25, 0.3) is 0 Å². The maximum Gasteiger partial charge on any atom is 0.166 e. The average molecular weight is 332 g/mol. The third-order valence-electron chi connectivity index (χ3n) is 4.01. The number of hydrogen-bond donors (Lipinski definition) is 1. The first-order valence-electron chi connectivity index (χ1n) is 7.50. The fourth-order valence-corrected chi connectivity index (χ4v) is 2.98. The lowest BCUT2D eigenvalue weighted by Crippen LogP contribution is -2.37. The summed E-state index contributed by atoms with van der Waals surface area (Å²) in [5.41, 5.74) is 7.73. The number of nitrogens with zero attached hydrogens (tertiary/aromatic N) is 3. The van der Waals surface area contributed by atoms with Crippen molar-refractivity contribution in [3.05, 3.63) is 18.6 Å². The molecule has 3 rings (SSSR count). The maximum atomic E-state index is 6.11. The van der Waals surface area contributed by atoms with E-state index >= 15 is 0 Å². The quantitative estimate of drug-likeness (QED) is 0.774. The third kappa shape index (κ3) is 2.83. The second-order valence-electron chi connectivity index (χ2n) is 5.42. The number of rotatable bonds is 6. The maximum absolute atomic E-state index is 6.11. The molecule has 24 heavy (non-hydrogen) atoms. The van der Waals surface area contributed by atoms with Crippen LogP contribution >= 0.6 is 0 Å². The van der Waals surface area contributed by atoms with Gasteiger partial charge < -0.3 is 24.7 Å². The van der Waals surface area contributed by atoms with E-state index in [-0.39, 0.29) is 18.8 Å². The number of pyridine rings is 1.